The highest BCUT2D eigenvalue weighted by Gasteiger charge is 2.37. The van der Waals surface area contributed by atoms with Crippen molar-refractivity contribution in [3.63, 3.8) is 0 Å². The van der Waals surface area contributed by atoms with Crippen LogP contribution in [0.2, 0.25) is 5.02 Å². The van der Waals surface area contributed by atoms with Gasteiger partial charge in [0.25, 0.3) is 0 Å². The van der Waals surface area contributed by atoms with Crippen LogP contribution in [0.3, 0.4) is 0 Å². The van der Waals surface area contributed by atoms with Gasteiger partial charge >= 0.3 is 0 Å². The normalized spacial score (nSPS) is 24.6. The van der Waals surface area contributed by atoms with Crippen molar-refractivity contribution in [3.8, 4) is 0 Å². The summed E-state index contributed by atoms with van der Waals surface area (Å²) in [5.74, 6) is 1.48. The summed E-state index contributed by atoms with van der Waals surface area (Å²) in [4.78, 5) is 15.1. The summed E-state index contributed by atoms with van der Waals surface area (Å²) in [6.45, 7) is 13.7. The van der Waals surface area contributed by atoms with Crippen LogP contribution in [0.25, 0.3) is 11.2 Å². The summed E-state index contributed by atoms with van der Waals surface area (Å²) >= 11 is 6.21. The van der Waals surface area contributed by atoms with E-state index in [9.17, 15) is 5.11 Å². The van der Waals surface area contributed by atoms with Crippen molar-refractivity contribution in [1.29, 1.82) is 0 Å². The zero-order valence-electron chi connectivity index (χ0n) is 22.9. The first-order valence-corrected chi connectivity index (χ1v) is 14.3. The summed E-state index contributed by atoms with van der Waals surface area (Å²) in [7, 11) is 0. The van der Waals surface area contributed by atoms with Crippen molar-refractivity contribution < 1.29 is 5.11 Å². The molecule has 0 aliphatic carbocycles. The lowest BCUT2D eigenvalue weighted by Crippen LogP contribution is -2.52. The molecule has 8 heteroatoms. The van der Waals surface area contributed by atoms with E-state index in [0.717, 1.165) is 65.6 Å². The van der Waals surface area contributed by atoms with Crippen molar-refractivity contribution in [3.05, 3.63) is 46.2 Å². The summed E-state index contributed by atoms with van der Waals surface area (Å²) < 4.78 is 2.02. The van der Waals surface area contributed by atoms with Gasteiger partial charge in [-0.1, -0.05) is 24.6 Å². The van der Waals surface area contributed by atoms with Crippen LogP contribution < -0.4 is 4.90 Å². The lowest BCUT2D eigenvalue weighted by atomic mass is 9.91. The van der Waals surface area contributed by atoms with Crippen LogP contribution in [-0.4, -0.2) is 67.6 Å². The smallest absolute Gasteiger partial charge is 0.179 e. The van der Waals surface area contributed by atoms with Crippen LogP contribution in [-0.2, 0) is 0 Å². The predicted octanol–water partition coefficient (Wildman–Crippen LogP) is 5.55. The molecule has 2 aliphatic heterocycles. The number of likely N-dealkylation sites (tertiary alicyclic amines) is 1. The van der Waals surface area contributed by atoms with Gasteiger partial charge < -0.3 is 10.0 Å². The minimum atomic E-state index is -0.210. The largest absolute Gasteiger partial charge is 0.393 e. The second-order valence-electron chi connectivity index (χ2n) is 11.3. The molecule has 2 fully saturated rings. The summed E-state index contributed by atoms with van der Waals surface area (Å²) in [5.41, 5.74) is 4.94. The molecule has 0 spiro atoms. The van der Waals surface area contributed by atoms with Gasteiger partial charge in [0, 0.05) is 30.2 Å². The Bertz CT molecular complexity index is 1240. The van der Waals surface area contributed by atoms with Crippen molar-refractivity contribution in [1.82, 2.24) is 24.6 Å². The molecule has 0 radical (unpaired) electrons. The molecule has 7 nitrogen and oxygen atoms in total. The molecule has 4 heterocycles. The molecule has 5 unspecified atom stereocenters. The first-order valence-electron chi connectivity index (χ1n) is 13.9. The third kappa shape index (κ3) is 5.36. The predicted molar refractivity (Wildman–Crippen MR) is 150 cm³/mol. The van der Waals surface area contributed by atoms with Gasteiger partial charge in [0.05, 0.1) is 24.0 Å². The van der Waals surface area contributed by atoms with Gasteiger partial charge in [-0.05, 0) is 95.5 Å². The monoisotopic (exact) mass is 524 g/mol. The van der Waals surface area contributed by atoms with Gasteiger partial charge in [0.2, 0.25) is 0 Å². The topological polar surface area (TPSA) is 70.3 Å². The van der Waals surface area contributed by atoms with Gasteiger partial charge in [0.15, 0.2) is 5.65 Å². The number of aliphatic hydroxyl groups excluding tert-OH is 1. The Labute approximate surface area is 225 Å². The van der Waals surface area contributed by atoms with Gasteiger partial charge in [-0.3, -0.25) is 4.90 Å². The lowest BCUT2D eigenvalue weighted by molar-refractivity contribution is 0.0976. The van der Waals surface area contributed by atoms with Crippen LogP contribution in [0.15, 0.2) is 24.4 Å². The molecule has 5 atom stereocenters. The van der Waals surface area contributed by atoms with E-state index in [4.69, 9.17) is 26.7 Å². The third-order valence-corrected chi connectivity index (χ3v) is 8.79. The second kappa shape index (κ2) is 10.9. The highest BCUT2D eigenvalue weighted by molar-refractivity contribution is 6.30. The van der Waals surface area contributed by atoms with E-state index in [0.29, 0.717) is 18.0 Å². The number of aromatic nitrogens is 4. The number of fused-ring (bicyclic) bond motifs is 1. The minimum absolute atomic E-state index is 0.0245. The number of piperidine rings is 1. The molecule has 0 amide bonds. The minimum Gasteiger partial charge on any atom is -0.393 e. The molecule has 5 rings (SSSR count). The van der Waals surface area contributed by atoms with E-state index in [1.807, 2.05) is 36.9 Å². The number of hydrogen-bond donors (Lipinski definition) is 1. The Morgan fingerprint density at radius 1 is 1.16 bits per heavy atom. The summed E-state index contributed by atoms with van der Waals surface area (Å²) in [6, 6.07) is 7.26. The average Bonchev–Trinajstić information content (AvgIpc) is 3.46. The fraction of sp³-hybridized carbons (Fsp3) is 0.621. The molecular weight excluding hydrogens is 484 g/mol. The Hall–Kier alpha value is -2.22. The van der Waals surface area contributed by atoms with Crippen molar-refractivity contribution in [2.45, 2.75) is 91.0 Å². The maximum Gasteiger partial charge on any atom is 0.179 e. The number of nitrogens with zero attached hydrogens (tertiary/aromatic N) is 6. The molecular formula is C29H41ClN6O. The van der Waals surface area contributed by atoms with Crippen LogP contribution >= 0.6 is 11.6 Å². The maximum atomic E-state index is 9.79. The number of hydrogen-bond acceptors (Lipinski definition) is 6. The highest BCUT2D eigenvalue weighted by Crippen LogP contribution is 2.33. The first-order chi connectivity index (χ1) is 17.7. The van der Waals surface area contributed by atoms with E-state index in [-0.39, 0.29) is 12.1 Å². The molecule has 37 heavy (non-hydrogen) atoms. The van der Waals surface area contributed by atoms with Crippen LogP contribution in [0.4, 0.5) is 5.82 Å². The number of aryl methyl sites for hydroxylation is 2. The lowest BCUT2D eigenvalue weighted by Gasteiger charge is -2.44. The van der Waals surface area contributed by atoms with Crippen molar-refractivity contribution in [2.24, 2.45) is 5.92 Å². The standard InChI is InChI=1S/C29H41ClN6O/c1-18-15-23(30)9-11-25(18)22(5)36-29-28(21(4)33-36)31-16-27(32-29)34-14-12-26(19(2)17-34)35-13-6-7-24(35)10-8-20(3)37/h9,11,15-16,19-20,22,24,26,37H,6-8,10,12-14,17H2,1-5H3. The Balaban J connectivity index is 1.35. The SMILES string of the molecule is Cc1cc(Cl)ccc1C(C)n1nc(C)c2ncc(N3CCC(N4CCCC4CCC(C)O)C(C)C3)nc21. The van der Waals surface area contributed by atoms with E-state index in [2.05, 4.69) is 36.6 Å². The maximum absolute atomic E-state index is 9.79. The summed E-state index contributed by atoms with van der Waals surface area (Å²) in [5, 5.41) is 15.4. The van der Waals surface area contributed by atoms with Crippen LogP contribution in [0.5, 0.6) is 0 Å². The zero-order valence-corrected chi connectivity index (χ0v) is 23.6. The van der Waals surface area contributed by atoms with Gasteiger partial charge in [-0.25, -0.2) is 14.6 Å². The number of benzene rings is 1. The highest BCUT2D eigenvalue weighted by atomic mass is 35.5. The molecule has 2 saturated heterocycles. The first kappa shape index (κ1) is 26.4. The fourth-order valence-corrected chi connectivity index (χ4v) is 6.80. The average molecular weight is 525 g/mol. The second-order valence-corrected chi connectivity index (χ2v) is 11.8. The molecule has 2 aromatic heterocycles. The molecule has 200 valence electrons. The number of halogens is 1. The molecule has 0 bridgehead atoms. The Morgan fingerprint density at radius 3 is 2.70 bits per heavy atom. The molecule has 0 saturated carbocycles. The quantitative estimate of drug-likeness (QED) is 0.437. The van der Waals surface area contributed by atoms with Crippen molar-refractivity contribution >= 4 is 28.6 Å². The van der Waals surface area contributed by atoms with Gasteiger partial charge in [0.1, 0.15) is 11.3 Å². The fourth-order valence-electron chi connectivity index (χ4n) is 6.58. The van der Waals surface area contributed by atoms with Gasteiger partial charge in [-0.15, -0.1) is 0 Å². The van der Waals surface area contributed by atoms with Crippen molar-refractivity contribution in [2.75, 3.05) is 24.5 Å². The molecule has 2 aliphatic rings. The number of anilines is 1. The van der Waals surface area contributed by atoms with E-state index in [1.165, 1.54) is 24.9 Å². The molecule has 1 N–H and O–H groups in total. The van der Waals surface area contributed by atoms with E-state index in [1.54, 1.807) is 0 Å². The summed E-state index contributed by atoms with van der Waals surface area (Å²) in [6.07, 6.45) is 7.37. The Kier molecular flexibility index (Phi) is 7.75. The zero-order chi connectivity index (χ0) is 26.3. The van der Waals surface area contributed by atoms with Gasteiger partial charge in [-0.2, -0.15) is 5.10 Å². The molecule has 1 aromatic carbocycles. The van der Waals surface area contributed by atoms with E-state index < -0.39 is 0 Å². The Morgan fingerprint density at radius 2 is 1.97 bits per heavy atom. The third-order valence-electron chi connectivity index (χ3n) is 8.56. The van der Waals surface area contributed by atoms with Crippen LogP contribution in [0, 0.1) is 19.8 Å². The van der Waals surface area contributed by atoms with E-state index >= 15 is 0 Å². The van der Waals surface area contributed by atoms with Crippen LogP contribution in [0.1, 0.15) is 75.7 Å². The number of aliphatic hydroxyl groups is 1. The molecule has 3 aromatic rings. The number of rotatable bonds is 7.